The van der Waals surface area contributed by atoms with E-state index in [1.165, 1.54) is 41.5 Å². The lowest BCUT2D eigenvalue weighted by Crippen LogP contribution is -2.14. The van der Waals surface area contributed by atoms with Gasteiger partial charge in [0.2, 0.25) is 0 Å². The Hall–Kier alpha value is -2.62. The summed E-state index contributed by atoms with van der Waals surface area (Å²) >= 11 is 0. The monoisotopic (exact) mass is 494 g/mol. The molecule has 1 aliphatic rings. The van der Waals surface area contributed by atoms with Gasteiger partial charge in [-0.2, -0.15) is 0 Å². The molecule has 4 nitrogen and oxygen atoms in total. The predicted molar refractivity (Wildman–Crippen MR) is 157 cm³/mol. The van der Waals surface area contributed by atoms with Crippen LogP contribution in [0.4, 0.5) is 5.69 Å². The topological polar surface area (TPSA) is 56.5 Å². The van der Waals surface area contributed by atoms with E-state index in [-0.39, 0.29) is 0 Å². The molecule has 0 fully saturated rings. The first-order valence-corrected chi connectivity index (χ1v) is 13.9. The van der Waals surface area contributed by atoms with Crippen molar-refractivity contribution in [1.82, 2.24) is 0 Å². The van der Waals surface area contributed by atoms with E-state index in [1.54, 1.807) is 6.20 Å². The molecule has 0 aromatic heterocycles. The van der Waals surface area contributed by atoms with Gasteiger partial charge in [-0.05, 0) is 84.9 Å². The van der Waals surface area contributed by atoms with Crippen LogP contribution in [-0.2, 0) is 4.74 Å². The first-order valence-electron chi connectivity index (χ1n) is 13.9. The Bertz CT molecular complexity index is 944. The molecular formula is C32H50N2O2. The third kappa shape index (κ3) is 8.21. The van der Waals surface area contributed by atoms with Crippen molar-refractivity contribution in [1.29, 1.82) is 0 Å². The lowest BCUT2D eigenvalue weighted by atomic mass is 9.85. The number of benzene rings is 1. The van der Waals surface area contributed by atoms with Crippen molar-refractivity contribution in [2.45, 2.75) is 92.4 Å². The Labute approximate surface area is 220 Å². The lowest BCUT2D eigenvalue weighted by Gasteiger charge is -2.26. The van der Waals surface area contributed by atoms with Crippen LogP contribution in [0, 0.1) is 11.8 Å². The number of anilines is 1. The number of allylic oxidation sites excluding steroid dienone is 3. The zero-order chi connectivity index (χ0) is 26.7. The van der Waals surface area contributed by atoms with Crippen LogP contribution >= 0.6 is 0 Å². The molecule has 0 saturated carbocycles. The molecule has 2 unspecified atom stereocenters. The number of nitrogens with two attached hydrogens (primary N) is 1. The van der Waals surface area contributed by atoms with E-state index < -0.39 is 0 Å². The average Bonchev–Trinajstić information content (AvgIpc) is 2.86. The van der Waals surface area contributed by atoms with E-state index >= 15 is 0 Å². The van der Waals surface area contributed by atoms with Crippen LogP contribution in [0.5, 0.6) is 5.75 Å². The van der Waals surface area contributed by atoms with Crippen molar-refractivity contribution >= 4 is 17.0 Å². The Morgan fingerprint density at radius 1 is 1.19 bits per heavy atom. The van der Waals surface area contributed by atoms with Gasteiger partial charge in [0.15, 0.2) is 0 Å². The van der Waals surface area contributed by atoms with Crippen LogP contribution in [0.25, 0.3) is 11.3 Å². The standard InChI is InChI=1S/C32H50N2O2/c1-9-22(4)14-12-15-23(5)20-36-29-19-28(25(7)18-27-16-13-17-35-21-27)30(24(6)10-2)32(34-11-3)31(29)26(8)33/h11,18-19,21-24,34H,3,8-10,12-17,20,33H2,1-2,4-7H3/b25-18+/t22?,23-,24?/m1/s1. The van der Waals surface area contributed by atoms with Crippen LogP contribution in [0.15, 0.2) is 43.3 Å². The maximum absolute atomic E-state index is 6.50. The molecule has 3 atom stereocenters. The van der Waals surface area contributed by atoms with Crippen LogP contribution in [0.3, 0.4) is 0 Å². The Morgan fingerprint density at radius 3 is 2.50 bits per heavy atom. The van der Waals surface area contributed by atoms with Crippen LogP contribution < -0.4 is 15.8 Å². The molecule has 0 amide bonds. The average molecular weight is 495 g/mol. The second-order valence-corrected chi connectivity index (χ2v) is 10.6. The number of ether oxygens (including phenoxy) is 2. The fraction of sp³-hybridized carbons (Fsp3) is 0.562. The minimum Gasteiger partial charge on any atom is -0.501 e. The van der Waals surface area contributed by atoms with Gasteiger partial charge in [0.05, 0.1) is 30.7 Å². The molecule has 0 spiro atoms. The van der Waals surface area contributed by atoms with Gasteiger partial charge >= 0.3 is 0 Å². The smallest absolute Gasteiger partial charge is 0.131 e. The normalized spacial score (nSPS) is 16.4. The Morgan fingerprint density at radius 2 is 1.92 bits per heavy atom. The maximum atomic E-state index is 6.50. The quantitative estimate of drug-likeness (QED) is 0.255. The van der Waals surface area contributed by atoms with Gasteiger partial charge in [-0.15, -0.1) is 0 Å². The molecule has 0 saturated heterocycles. The predicted octanol–water partition coefficient (Wildman–Crippen LogP) is 9.01. The van der Waals surface area contributed by atoms with Gasteiger partial charge in [0, 0.05) is 5.70 Å². The van der Waals surface area contributed by atoms with Crippen molar-refractivity contribution in [2.24, 2.45) is 17.6 Å². The number of hydrogen-bond donors (Lipinski definition) is 2. The van der Waals surface area contributed by atoms with Crippen LogP contribution in [0.2, 0.25) is 0 Å². The first-order chi connectivity index (χ1) is 17.2. The van der Waals surface area contributed by atoms with Gasteiger partial charge in [0.1, 0.15) is 5.75 Å². The van der Waals surface area contributed by atoms with E-state index in [0.717, 1.165) is 55.2 Å². The van der Waals surface area contributed by atoms with Crippen LogP contribution in [0.1, 0.15) is 109 Å². The fourth-order valence-electron chi connectivity index (χ4n) is 4.78. The summed E-state index contributed by atoms with van der Waals surface area (Å²) in [6.45, 7) is 23.0. The van der Waals surface area contributed by atoms with E-state index in [0.29, 0.717) is 24.1 Å². The lowest BCUT2D eigenvalue weighted by molar-refractivity contribution is 0.227. The molecule has 1 heterocycles. The summed E-state index contributed by atoms with van der Waals surface area (Å²) in [6.07, 6.45) is 13.8. The van der Waals surface area contributed by atoms with E-state index in [4.69, 9.17) is 15.2 Å². The highest BCUT2D eigenvalue weighted by Gasteiger charge is 2.24. The molecule has 200 valence electrons. The highest BCUT2D eigenvalue weighted by Crippen LogP contribution is 2.43. The molecule has 1 aliphatic heterocycles. The highest BCUT2D eigenvalue weighted by molar-refractivity contribution is 5.87. The van der Waals surface area contributed by atoms with E-state index in [9.17, 15) is 0 Å². The third-order valence-electron chi connectivity index (χ3n) is 7.41. The van der Waals surface area contributed by atoms with Gasteiger partial charge in [-0.1, -0.05) is 73.1 Å². The second-order valence-electron chi connectivity index (χ2n) is 10.6. The molecule has 1 aromatic rings. The molecule has 3 N–H and O–H groups in total. The van der Waals surface area contributed by atoms with Gasteiger partial charge in [-0.25, -0.2) is 0 Å². The summed E-state index contributed by atoms with van der Waals surface area (Å²) in [4.78, 5) is 0. The number of nitrogens with one attached hydrogen (secondary N) is 1. The SMILES string of the molecule is C=CNc1c(C(=C)N)c(OC[C@H](C)CCCC(C)CC)cc(/C(C)=C/C2=COCCC2)c1C(C)CC. The molecule has 0 aliphatic carbocycles. The molecule has 4 heteroatoms. The minimum atomic E-state index is 0.314. The summed E-state index contributed by atoms with van der Waals surface area (Å²) in [5.41, 5.74) is 13.5. The molecule has 1 aromatic carbocycles. The summed E-state index contributed by atoms with van der Waals surface area (Å²) in [6, 6.07) is 2.17. The van der Waals surface area contributed by atoms with Gasteiger partial charge in [-0.3, -0.25) is 0 Å². The summed E-state index contributed by atoms with van der Waals surface area (Å²) in [5, 5.41) is 3.40. The second kappa shape index (κ2) is 14.8. The Balaban J connectivity index is 2.50. The highest BCUT2D eigenvalue weighted by atomic mass is 16.5. The Kier molecular flexibility index (Phi) is 12.2. The molecule has 2 rings (SSSR count). The third-order valence-corrected chi connectivity index (χ3v) is 7.41. The van der Waals surface area contributed by atoms with E-state index in [1.807, 2.05) is 6.26 Å². The van der Waals surface area contributed by atoms with Crippen molar-refractivity contribution < 1.29 is 9.47 Å². The number of hydrogen-bond acceptors (Lipinski definition) is 4. The molecule has 0 radical (unpaired) electrons. The zero-order valence-corrected chi connectivity index (χ0v) is 23.7. The van der Waals surface area contributed by atoms with E-state index in [2.05, 4.69) is 72.2 Å². The molecular weight excluding hydrogens is 444 g/mol. The van der Waals surface area contributed by atoms with Gasteiger partial charge in [0.25, 0.3) is 0 Å². The summed E-state index contributed by atoms with van der Waals surface area (Å²) in [7, 11) is 0. The first kappa shape index (κ1) is 29.6. The van der Waals surface area contributed by atoms with Gasteiger partial charge < -0.3 is 20.5 Å². The molecule has 0 bridgehead atoms. The molecule has 36 heavy (non-hydrogen) atoms. The maximum Gasteiger partial charge on any atom is 0.131 e. The largest absolute Gasteiger partial charge is 0.501 e. The van der Waals surface area contributed by atoms with Crippen LogP contribution in [-0.4, -0.2) is 13.2 Å². The van der Waals surface area contributed by atoms with Crippen molar-refractivity contribution in [3.63, 3.8) is 0 Å². The van der Waals surface area contributed by atoms with Crippen molar-refractivity contribution in [2.75, 3.05) is 18.5 Å². The summed E-state index contributed by atoms with van der Waals surface area (Å²) in [5.74, 6) is 2.34. The summed E-state index contributed by atoms with van der Waals surface area (Å²) < 4.78 is 12.1. The number of rotatable bonds is 15. The minimum absolute atomic E-state index is 0.314. The van der Waals surface area contributed by atoms with Crippen molar-refractivity contribution in [3.8, 4) is 5.75 Å². The van der Waals surface area contributed by atoms with Crippen molar-refractivity contribution in [3.05, 3.63) is 60.0 Å². The zero-order valence-electron chi connectivity index (χ0n) is 23.7. The fourth-order valence-corrected chi connectivity index (χ4v) is 4.78.